The zero-order valence-electron chi connectivity index (χ0n) is 11.0. The van der Waals surface area contributed by atoms with Crippen molar-refractivity contribution in [1.82, 2.24) is 9.78 Å². The monoisotopic (exact) mass is 260 g/mol. The first kappa shape index (κ1) is 13.8. The molecule has 0 aliphatic carbocycles. The topological polar surface area (TPSA) is 47.3 Å². The second kappa shape index (κ2) is 7.71. The van der Waals surface area contributed by atoms with Crippen LogP contribution in [0, 0.1) is 0 Å². The van der Waals surface area contributed by atoms with Gasteiger partial charge in [-0.3, -0.25) is 4.68 Å². The van der Waals surface area contributed by atoms with Crippen LogP contribution in [-0.4, -0.2) is 28.1 Å². The highest BCUT2D eigenvalue weighted by atomic mass is 16.5. The molecule has 2 rings (SSSR count). The van der Waals surface area contributed by atoms with Crippen LogP contribution in [0.1, 0.15) is 17.5 Å². The average Bonchev–Trinajstić information content (AvgIpc) is 2.90. The zero-order valence-corrected chi connectivity index (χ0v) is 11.0. The van der Waals surface area contributed by atoms with Crippen LogP contribution in [0.15, 0.2) is 42.7 Å². The van der Waals surface area contributed by atoms with E-state index in [1.807, 2.05) is 35.3 Å². The molecule has 0 amide bonds. The summed E-state index contributed by atoms with van der Waals surface area (Å²) in [6, 6.07) is 10.1. The fourth-order valence-corrected chi connectivity index (χ4v) is 1.86. The third-order valence-corrected chi connectivity index (χ3v) is 2.89. The Morgan fingerprint density at radius 3 is 2.79 bits per heavy atom. The van der Waals surface area contributed by atoms with Gasteiger partial charge in [-0.2, -0.15) is 5.10 Å². The summed E-state index contributed by atoms with van der Waals surface area (Å²) in [5.74, 6) is 0. The Balaban J connectivity index is 1.66. The Morgan fingerprint density at radius 1 is 1.16 bits per heavy atom. The van der Waals surface area contributed by atoms with Gasteiger partial charge in [-0.15, -0.1) is 0 Å². The number of hydrogen-bond acceptors (Lipinski definition) is 3. The average molecular weight is 260 g/mol. The fourth-order valence-electron chi connectivity index (χ4n) is 1.86. The summed E-state index contributed by atoms with van der Waals surface area (Å²) >= 11 is 0. The second-order valence-corrected chi connectivity index (χ2v) is 4.48. The third kappa shape index (κ3) is 4.85. The standard InChI is InChI=1S/C15H20N2O2/c18-9-4-7-15-11-16-17(12-15)8-10-19-13-14-5-2-1-3-6-14/h1-3,5-6,11-12,18H,4,7-10,13H2. The smallest absolute Gasteiger partial charge is 0.0717 e. The molecule has 1 N–H and O–H groups in total. The minimum Gasteiger partial charge on any atom is -0.396 e. The molecule has 0 spiro atoms. The van der Waals surface area contributed by atoms with E-state index in [9.17, 15) is 0 Å². The first-order valence-electron chi connectivity index (χ1n) is 6.62. The maximum absolute atomic E-state index is 8.77. The Labute approximate surface area is 113 Å². The predicted molar refractivity (Wildman–Crippen MR) is 73.7 cm³/mol. The molecule has 4 nitrogen and oxygen atoms in total. The van der Waals surface area contributed by atoms with Gasteiger partial charge in [0.25, 0.3) is 0 Å². The third-order valence-electron chi connectivity index (χ3n) is 2.89. The van der Waals surface area contributed by atoms with Gasteiger partial charge in [0.1, 0.15) is 0 Å². The molecule has 1 heterocycles. The van der Waals surface area contributed by atoms with Crippen molar-refractivity contribution in [1.29, 1.82) is 0 Å². The lowest BCUT2D eigenvalue weighted by atomic mass is 10.2. The first-order valence-corrected chi connectivity index (χ1v) is 6.62. The maximum Gasteiger partial charge on any atom is 0.0717 e. The van der Waals surface area contributed by atoms with Gasteiger partial charge in [0.15, 0.2) is 0 Å². The molecular weight excluding hydrogens is 240 g/mol. The highest BCUT2D eigenvalue weighted by Crippen LogP contribution is 2.03. The molecule has 0 bridgehead atoms. The van der Waals surface area contributed by atoms with Gasteiger partial charge in [-0.25, -0.2) is 0 Å². The lowest BCUT2D eigenvalue weighted by molar-refractivity contribution is 0.111. The van der Waals surface area contributed by atoms with Crippen molar-refractivity contribution in [3.05, 3.63) is 53.9 Å². The summed E-state index contributed by atoms with van der Waals surface area (Å²) in [5.41, 5.74) is 2.35. The molecule has 0 aliphatic rings. The number of ether oxygens (including phenoxy) is 1. The van der Waals surface area contributed by atoms with E-state index in [0.717, 1.165) is 24.9 Å². The first-order chi connectivity index (χ1) is 9.38. The van der Waals surface area contributed by atoms with Gasteiger partial charge in [-0.05, 0) is 24.0 Å². The van der Waals surface area contributed by atoms with E-state index in [0.29, 0.717) is 13.2 Å². The summed E-state index contributed by atoms with van der Waals surface area (Å²) in [7, 11) is 0. The van der Waals surface area contributed by atoms with E-state index in [-0.39, 0.29) is 6.61 Å². The van der Waals surface area contributed by atoms with Gasteiger partial charge in [0.2, 0.25) is 0 Å². The summed E-state index contributed by atoms with van der Waals surface area (Å²) < 4.78 is 7.50. The Hall–Kier alpha value is -1.65. The maximum atomic E-state index is 8.77. The number of benzene rings is 1. The van der Waals surface area contributed by atoms with E-state index in [2.05, 4.69) is 17.2 Å². The molecule has 2 aromatic rings. The van der Waals surface area contributed by atoms with Crippen LogP contribution >= 0.6 is 0 Å². The van der Waals surface area contributed by atoms with Gasteiger partial charge >= 0.3 is 0 Å². The molecule has 19 heavy (non-hydrogen) atoms. The molecule has 0 saturated heterocycles. The number of aryl methyl sites for hydroxylation is 1. The molecule has 4 heteroatoms. The van der Waals surface area contributed by atoms with Crippen LogP contribution in [0.5, 0.6) is 0 Å². The summed E-state index contributed by atoms with van der Waals surface area (Å²) in [5, 5.41) is 13.0. The number of aliphatic hydroxyl groups excluding tert-OH is 1. The number of rotatable bonds is 8. The summed E-state index contributed by atoms with van der Waals surface area (Å²) in [4.78, 5) is 0. The van der Waals surface area contributed by atoms with Crippen molar-refractivity contribution in [2.45, 2.75) is 26.0 Å². The van der Waals surface area contributed by atoms with Crippen LogP contribution in [0.3, 0.4) is 0 Å². The Morgan fingerprint density at radius 2 is 2.00 bits per heavy atom. The summed E-state index contributed by atoms with van der Waals surface area (Å²) in [6.07, 6.45) is 5.53. The van der Waals surface area contributed by atoms with Crippen molar-refractivity contribution in [2.24, 2.45) is 0 Å². The molecule has 1 aromatic heterocycles. The largest absolute Gasteiger partial charge is 0.396 e. The minimum absolute atomic E-state index is 0.228. The number of aromatic nitrogens is 2. The molecule has 0 radical (unpaired) electrons. The van der Waals surface area contributed by atoms with Crippen molar-refractivity contribution in [3.8, 4) is 0 Å². The van der Waals surface area contributed by atoms with E-state index in [1.54, 1.807) is 0 Å². The lowest BCUT2D eigenvalue weighted by Crippen LogP contribution is -2.06. The van der Waals surface area contributed by atoms with Gasteiger partial charge in [0.05, 0.1) is 26.0 Å². The van der Waals surface area contributed by atoms with E-state index < -0.39 is 0 Å². The molecular formula is C15H20N2O2. The quantitative estimate of drug-likeness (QED) is 0.739. The Bertz CT molecular complexity index is 468. The minimum atomic E-state index is 0.228. The van der Waals surface area contributed by atoms with Crippen molar-refractivity contribution < 1.29 is 9.84 Å². The molecule has 0 saturated carbocycles. The fraction of sp³-hybridized carbons (Fsp3) is 0.400. The highest BCUT2D eigenvalue weighted by molar-refractivity contribution is 5.13. The second-order valence-electron chi connectivity index (χ2n) is 4.48. The molecule has 0 atom stereocenters. The highest BCUT2D eigenvalue weighted by Gasteiger charge is 1.99. The van der Waals surface area contributed by atoms with Crippen LogP contribution in [0.2, 0.25) is 0 Å². The van der Waals surface area contributed by atoms with Gasteiger partial charge < -0.3 is 9.84 Å². The number of hydrogen-bond donors (Lipinski definition) is 1. The number of nitrogens with zero attached hydrogens (tertiary/aromatic N) is 2. The molecule has 0 unspecified atom stereocenters. The van der Waals surface area contributed by atoms with E-state index in [4.69, 9.17) is 9.84 Å². The van der Waals surface area contributed by atoms with Crippen LogP contribution in [-0.2, 0) is 24.3 Å². The van der Waals surface area contributed by atoms with Crippen molar-refractivity contribution >= 4 is 0 Å². The van der Waals surface area contributed by atoms with Gasteiger partial charge in [0, 0.05) is 12.8 Å². The molecule has 1 aromatic carbocycles. The number of aliphatic hydroxyl groups is 1. The molecule has 0 aliphatic heterocycles. The Kier molecular flexibility index (Phi) is 5.59. The van der Waals surface area contributed by atoms with Crippen LogP contribution in [0.25, 0.3) is 0 Å². The summed E-state index contributed by atoms with van der Waals surface area (Å²) in [6.45, 7) is 2.27. The molecule has 0 fully saturated rings. The predicted octanol–water partition coefficient (Wildman–Crippen LogP) is 2.02. The van der Waals surface area contributed by atoms with Crippen molar-refractivity contribution in [2.75, 3.05) is 13.2 Å². The van der Waals surface area contributed by atoms with Crippen LogP contribution in [0.4, 0.5) is 0 Å². The van der Waals surface area contributed by atoms with E-state index >= 15 is 0 Å². The van der Waals surface area contributed by atoms with Crippen molar-refractivity contribution in [3.63, 3.8) is 0 Å². The van der Waals surface area contributed by atoms with Crippen LogP contribution < -0.4 is 0 Å². The van der Waals surface area contributed by atoms with Gasteiger partial charge in [-0.1, -0.05) is 30.3 Å². The molecule has 102 valence electrons. The lowest BCUT2D eigenvalue weighted by Gasteiger charge is -2.04. The zero-order chi connectivity index (χ0) is 13.3. The SMILES string of the molecule is OCCCc1cnn(CCOCc2ccccc2)c1. The van der Waals surface area contributed by atoms with E-state index in [1.165, 1.54) is 5.56 Å². The normalized spacial score (nSPS) is 10.8.